The van der Waals surface area contributed by atoms with Gasteiger partial charge in [0.2, 0.25) is 5.91 Å². The number of unbranched alkanes of at least 4 members (excludes halogenated alkanes) is 1. The molecule has 0 unspecified atom stereocenters. The molecule has 2 rings (SSSR count). The predicted molar refractivity (Wildman–Crippen MR) is 114 cm³/mol. The van der Waals surface area contributed by atoms with E-state index in [0.29, 0.717) is 41.9 Å². The van der Waals surface area contributed by atoms with Crippen molar-refractivity contribution in [1.29, 1.82) is 0 Å². The number of hydrogen-bond donors (Lipinski definition) is 1. The molecule has 0 saturated heterocycles. The second kappa shape index (κ2) is 12.3. The van der Waals surface area contributed by atoms with E-state index < -0.39 is 0 Å². The Labute approximate surface area is 175 Å². The fourth-order valence-corrected chi connectivity index (χ4v) is 2.69. The Bertz CT molecular complexity index is 780. The van der Waals surface area contributed by atoms with Crippen LogP contribution >= 0.6 is 23.2 Å². The minimum Gasteiger partial charge on any atom is -0.494 e. The molecule has 0 aromatic heterocycles. The van der Waals surface area contributed by atoms with Gasteiger partial charge in [0, 0.05) is 11.4 Å². The van der Waals surface area contributed by atoms with Crippen molar-refractivity contribution in [3.05, 3.63) is 58.1 Å². The van der Waals surface area contributed by atoms with Gasteiger partial charge in [-0.3, -0.25) is 4.79 Å². The maximum atomic E-state index is 11.8. The first-order valence-corrected chi connectivity index (χ1v) is 9.96. The molecule has 28 heavy (non-hydrogen) atoms. The van der Waals surface area contributed by atoms with Crippen LogP contribution in [0.15, 0.2) is 47.6 Å². The lowest BCUT2D eigenvalue weighted by Crippen LogP contribution is -2.18. The largest absolute Gasteiger partial charge is 0.494 e. The summed E-state index contributed by atoms with van der Waals surface area (Å²) in [6.07, 6.45) is 4.58. The highest BCUT2D eigenvalue weighted by Gasteiger charge is 2.04. The van der Waals surface area contributed by atoms with Crippen molar-refractivity contribution in [2.75, 3.05) is 13.2 Å². The van der Waals surface area contributed by atoms with E-state index in [9.17, 15) is 4.79 Å². The first kappa shape index (κ1) is 22.1. The molecule has 2 aromatic carbocycles. The molecule has 0 aliphatic carbocycles. The minimum atomic E-state index is -0.179. The Balaban J connectivity index is 1.64. The molecule has 0 atom stereocenters. The second-order valence-corrected chi connectivity index (χ2v) is 6.93. The van der Waals surface area contributed by atoms with Gasteiger partial charge in [-0.2, -0.15) is 5.10 Å². The van der Waals surface area contributed by atoms with Crippen molar-refractivity contribution in [3.8, 4) is 11.5 Å². The van der Waals surface area contributed by atoms with E-state index in [1.54, 1.807) is 24.4 Å². The summed E-state index contributed by atoms with van der Waals surface area (Å²) in [4.78, 5) is 11.8. The van der Waals surface area contributed by atoms with Crippen molar-refractivity contribution in [2.24, 2.45) is 5.10 Å². The first-order valence-electron chi connectivity index (χ1n) is 9.21. The number of hydrogen-bond acceptors (Lipinski definition) is 4. The number of rotatable bonds is 11. The van der Waals surface area contributed by atoms with Crippen molar-refractivity contribution >= 4 is 35.3 Å². The van der Waals surface area contributed by atoms with Gasteiger partial charge in [-0.05, 0) is 60.9 Å². The third-order valence-corrected chi connectivity index (χ3v) is 4.28. The molecular formula is C21H24Cl2N2O3. The zero-order valence-electron chi connectivity index (χ0n) is 15.8. The van der Waals surface area contributed by atoms with Crippen LogP contribution in [-0.2, 0) is 4.79 Å². The number of halogens is 2. The van der Waals surface area contributed by atoms with Crippen molar-refractivity contribution < 1.29 is 14.3 Å². The summed E-state index contributed by atoms with van der Waals surface area (Å²) < 4.78 is 11.1. The summed E-state index contributed by atoms with van der Waals surface area (Å²) in [5.74, 6) is 1.20. The Hall–Kier alpha value is -2.24. The minimum absolute atomic E-state index is 0.179. The van der Waals surface area contributed by atoms with E-state index >= 15 is 0 Å². The number of carbonyl (C=O) groups is 1. The summed E-state index contributed by atoms with van der Waals surface area (Å²) in [6.45, 7) is 3.21. The zero-order valence-corrected chi connectivity index (χ0v) is 17.3. The fraction of sp³-hybridized carbons (Fsp3) is 0.333. The summed E-state index contributed by atoms with van der Waals surface area (Å²) >= 11 is 11.9. The smallest absolute Gasteiger partial charge is 0.240 e. The van der Waals surface area contributed by atoms with Crippen molar-refractivity contribution in [1.82, 2.24) is 5.43 Å². The summed E-state index contributed by atoms with van der Waals surface area (Å²) in [5.41, 5.74) is 3.38. The van der Waals surface area contributed by atoms with Crippen LogP contribution in [-0.4, -0.2) is 25.3 Å². The highest BCUT2D eigenvalue weighted by Crippen LogP contribution is 2.27. The lowest BCUT2D eigenvalue weighted by molar-refractivity contribution is -0.121. The van der Waals surface area contributed by atoms with E-state index in [0.717, 1.165) is 24.2 Å². The van der Waals surface area contributed by atoms with E-state index in [2.05, 4.69) is 17.5 Å². The van der Waals surface area contributed by atoms with Crippen molar-refractivity contribution in [3.63, 3.8) is 0 Å². The molecule has 2 aromatic rings. The molecule has 0 fully saturated rings. The highest BCUT2D eigenvalue weighted by atomic mass is 35.5. The number of amides is 1. The average molecular weight is 423 g/mol. The van der Waals surface area contributed by atoms with Crippen molar-refractivity contribution in [2.45, 2.75) is 32.6 Å². The lowest BCUT2D eigenvalue weighted by atomic mass is 10.2. The fourth-order valence-electron chi connectivity index (χ4n) is 2.23. The summed E-state index contributed by atoms with van der Waals surface area (Å²) in [7, 11) is 0. The van der Waals surface area contributed by atoms with Crippen LogP contribution < -0.4 is 14.9 Å². The maximum Gasteiger partial charge on any atom is 0.240 e. The van der Waals surface area contributed by atoms with E-state index in [1.165, 1.54) is 0 Å². The van der Waals surface area contributed by atoms with Crippen LogP contribution in [0.3, 0.4) is 0 Å². The molecule has 0 aliphatic heterocycles. The van der Waals surface area contributed by atoms with Gasteiger partial charge in [-0.1, -0.05) is 36.5 Å². The first-order chi connectivity index (χ1) is 13.6. The second-order valence-electron chi connectivity index (χ2n) is 6.09. The van der Waals surface area contributed by atoms with Gasteiger partial charge in [0.1, 0.15) is 11.5 Å². The number of benzene rings is 2. The van der Waals surface area contributed by atoms with Crippen LogP contribution in [0.2, 0.25) is 10.0 Å². The molecule has 1 amide bonds. The average Bonchev–Trinajstić information content (AvgIpc) is 2.68. The van der Waals surface area contributed by atoms with Crippen LogP contribution in [0.4, 0.5) is 0 Å². The van der Waals surface area contributed by atoms with Gasteiger partial charge in [0.05, 0.1) is 24.5 Å². The summed E-state index contributed by atoms with van der Waals surface area (Å²) in [6, 6.07) is 12.6. The van der Waals surface area contributed by atoms with E-state index in [-0.39, 0.29) is 5.91 Å². The topological polar surface area (TPSA) is 59.9 Å². The molecule has 0 radical (unpaired) electrons. The monoisotopic (exact) mass is 422 g/mol. The number of hydrazone groups is 1. The molecule has 0 spiro atoms. The number of nitrogens with zero attached hydrogens (tertiary/aromatic N) is 1. The molecule has 0 saturated carbocycles. The molecule has 0 aliphatic rings. The lowest BCUT2D eigenvalue weighted by Gasteiger charge is -2.07. The third kappa shape index (κ3) is 8.19. The molecule has 150 valence electrons. The molecule has 7 heteroatoms. The predicted octanol–water partition coefficient (Wildman–Crippen LogP) is 5.48. The van der Waals surface area contributed by atoms with E-state index in [4.69, 9.17) is 32.7 Å². The van der Waals surface area contributed by atoms with Gasteiger partial charge in [-0.15, -0.1) is 0 Å². The zero-order chi connectivity index (χ0) is 20.2. The molecule has 0 bridgehead atoms. The Morgan fingerprint density at radius 1 is 1.07 bits per heavy atom. The number of carbonyl (C=O) groups excluding carboxylic acids is 1. The van der Waals surface area contributed by atoms with E-state index in [1.807, 2.05) is 24.3 Å². The summed E-state index contributed by atoms with van der Waals surface area (Å²) in [5, 5.41) is 4.96. The van der Waals surface area contributed by atoms with Crippen LogP contribution in [0.25, 0.3) is 0 Å². The standard InChI is InChI=1S/C21H24Cl2N2O3/c1-2-3-12-27-18-9-6-16(7-10-18)15-24-25-21(26)5-4-13-28-20-11-8-17(22)14-19(20)23/h6-11,14-15H,2-5,12-13H2,1H3,(H,25,26)/b24-15+. The van der Waals surface area contributed by atoms with Gasteiger partial charge in [0.25, 0.3) is 0 Å². The van der Waals surface area contributed by atoms with Crippen LogP contribution in [0, 0.1) is 0 Å². The molecule has 5 nitrogen and oxygen atoms in total. The normalized spacial score (nSPS) is 10.8. The SMILES string of the molecule is CCCCOc1ccc(/C=N/NC(=O)CCCOc2ccc(Cl)cc2Cl)cc1. The third-order valence-electron chi connectivity index (χ3n) is 3.75. The van der Waals surface area contributed by atoms with Gasteiger partial charge >= 0.3 is 0 Å². The van der Waals surface area contributed by atoms with Crippen LogP contribution in [0.5, 0.6) is 11.5 Å². The van der Waals surface area contributed by atoms with Gasteiger partial charge in [0.15, 0.2) is 0 Å². The van der Waals surface area contributed by atoms with Gasteiger partial charge in [-0.25, -0.2) is 5.43 Å². The Kier molecular flexibility index (Phi) is 9.66. The Morgan fingerprint density at radius 3 is 2.54 bits per heavy atom. The quantitative estimate of drug-likeness (QED) is 0.296. The number of nitrogens with one attached hydrogen (secondary N) is 1. The Morgan fingerprint density at radius 2 is 1.82 bits per heavy atom. The highest BCUT2D eigenvalue weighted by molar-refractivity contribution is 6.35. The maximum absolute atomic E-state index is 11.8. The molecular weight excluding hydrogens is 399 g/mol. The number of ether oxygens (including phenoxy) is 2. The van der Waals surface area contributed by atoms with Crippen LogP contribution in [0.1, 0.15) is 38.2 Å². The molecule has 1 N–H and O–H groups in total. The molecule has 0 heterocycles. The van der Waals surface area contributed by atoms with Gasteiger partial charge < -0.3 is 9.47 Å².